The van der Waals surface area contributed by atoms with E-state index in [9.17, 15) is 13.2 Å². The Labute approximate surface area is 84.5 Å². The van der Waals surface area contributed by atoms with Gasteiger partial charge in [0.25, 0.3) is 0 Å². The van der Waals surface area contributed by atoms with Crippen LogP contribution in [0.25, 0.3) is 0 Å². The van der Waals surface area contributed by atoms with Crippen molar-refractivity contribution in [1.29, 1.82) is 0 Å². The number of alkyl halides is 3. The van der Waals surface area contributed by atoms with Crippen LogP contribution in [0.1, 0.15) is 23.4 Å². The van der Waals surface area contributed by atoms with Gasteiger partial charge in [0.2, 0.25) is 0 Å². The van der Waals surface area contributed by atoms with Gasteiger partial charge >= 0.3 is 6.18 Å². The van der Waals surface area contributed by atoms with Crippen LogP contribution in [0.15, 0.2) is 6.33 Å². The molecule has 0 spiro atoms. The summed E-state index contributed by atoms with van der Waals surface area (Å²) >= 11 is 0. The average Bonchev–Trinajstić information content (AvgIpc) is 2.15. The Kier molecular flexibility index (Phi) is 2.38. The van der Waals surface area contributed by atoms with Crippen molar-refractivity contribution in [2.45, 2.75) is 31.5 Å². The van der Waals surface area contributed by atoms with Gasteiger partial charge in [-0.2, -0.15) is 13.2 Å². The largest absolute Gasteiger partial charge is 0.433 e. The molecule has 0 saturated heterocycles. The molecule has 0 fully saturated rings. The monoisotopic (exact) mass is 217 g/mol. The van der Waals surface area contributed by atoms with E-state index in [-0.39, 0.29) is 18.0 Å². The Morgan fingerprint density at radius 3 is 2.73 bits per heavy atom. The molecule has 3 nitrogen and oxygen atoms in total. The first kappa shape index (κ1) is 10.4. The highest BCUT2D eigenvalue weighted by molar-refractivity contribution is 5.30. The number of halogens is 3. The quantitative estimate of drug-likeness (QED) is 0.712. The van der Waals surface area contributed by atoms with E-state index in [2.05, 4.69) is 9.97 Å². The summed E-state index contributed by atoms with van der Waals surface area (Å²) in [5.41, 5.74) is 5.46. The topological polar surface area (TPSA) is 51.8 Å². The molecule has 15 heavy (non-hydrogen) atoms. The molecule has 0 radical (unpaired) electrons. The van der Waals surface area contributed by atoms with Crippen molar-refractivity contribution in [3.05, 3.63) is 23.3 Å². The lowest BCUT2D eigenvalue weighted by Crippen LogP contribution is -2.31. The predicted octanol–water partition coefficient (Wildman–Crippen LogP) is 1.31. The van der Waals surface area contributed by atoms with Crippen LogP contribution in [0.4, 0.5) is 13.2 Å². The zero-order chi connectivity index (χ0) is 11.1. The second-order valence-electron chi connectivity index (χ2n) is 3.65. The van der Waals surface area contributed by atoms with Crippen LogP contribution in [0.3, 0.4) is 0 Å². The maximum atomic E-state index is 12.6. The SMILES string of the molecule is N[C@@H]1CCc2ncnc(C(F)(F)F)c2C1. The number of aryl methyl sites for hydroxylation is 1. The molecule has 1 heterocycles. The zero-order valence-corrected chi connectivity index (χ0v) is 7.88. The molecule has 0 unspecified atom stereocenters. The summed E-state index contributed by atoms with van der Waals surface area (Å²) in [4.78, 5) is 7.17. The molecule has 0 saturated carbocycles. The molecular formula is C9H10F3N3. The molecule has 0 aliphatic heterocycles. The van der Waals surface area contributed by atoms with E-state index in [1.54, 1.807) is 0 Å². The summed E-state index contributed by atoms with van der Waals surface area (Å²) in [5.74, 6) is 0. The van der Waals surface area contributed by atoms with Crippen LogP contribution in [-0.2, 0) is 19.0 Å². The molecule has 1 aromatic heterocycles. The first-order valence-corrected chi connectivity index (χ1v) is 4.64. The molecule has 2 N–H and O–H groups in total. The molecule has 2 rings (SSSR count). The van der Waals surface area contributed by atoms with E-state index in [0.717, 1.165) is 6.33 Å². The second kappa shape index (κ2) is 3.44. The maximum absolute atomic E-state index is 12.6. The molecule has 82 valence electrons. The third kappa shape index (κ3) is 1.94. The number of hydrogen-bond acceptors (Lipinski definition) is 3. The molecule has 1 aliphatic rings. The van der Waals surface area contributed by atoms with Crippen LogP contribution < -0.4 is 5.73 Å². The average molecular weight is 217 g/mol. The molecule has 1 aromatic rings. The summed E-state index contributed by atoms with van der Waals surface area (Å²) < 4.78 is 37.7. The summed E-state index contributed by atoms with van der Waals surface area (Å²) in [6.45, 7) is 0. The second-order valence-corrected chi connectivity index (χ2v) is 3.65. The highest BCUT2D eigenvalue weighted by Crippen LogP contribution is 2.33. The summed E-state index contributed by atoms with van der Waals surface area (Å²) in [5, 5.41) is 0. The van der Waals surface area contributed by atoms with Gasteiger partial charge in [-0.3, -0.25) is 0 Å². The van der Waals surface area contributed by atoms with Crippen molar-refractivity contribution in [3.8, 4) is 0 Å². The van der Waals surface area contributed by atoms with Gasteiger partial charge in [-0.25, -0.2) is 9.97 Å². The van der Waals surface area contributed by atoms with Gasteiger partial charge in [-0.1, -0.05) is 0 Å². The fraction of sp³-hybridized carbons (Fsp3) is 0.556. The normalized spacial score (nSPS) is 21.2. The van der Waals surface area contributed by atoms with Gasteiger partial charge in [-0.05, 0) is 19.3 Å². The Bertz CT molecular complexity index is 375. The van der Waals surface area contributed by atoms with Crippen molar-refractivity contribution in [2.75, 3.05) is 0 Å². The van der Waals surface area contributed by atoms with Crippen molar-refractivity contribution in [2.24, 2.45) is 5.73 Å². The molecular weight excluding hydrogens is 207 g/mol. The Morgan fingerprint density at radius 2 is 2.07 bits per heavy atom. The number of nitrogens with two attached hydrogens (primary N) is 1. The Balaban J connectivity index is 2.49. The zero-order valence-electron chi connectivity index (χ0n) is 7.88. The first-order chi connectivity index (χ1) is 6.98. The lowest BCUT2D eigenvalue weighted by Gasteiger charge is -2.22. The smallest absolute Gasteiger partial charge is 0.327 e. The van der Waals surface area contributed by atoms with Gasteiger partial charge in [0.1, 0.15) is 6.33 Å². The minimum Gasteiger partial charge on any atom is -0.327 e. The number of aromatic nitrogens is 2. The van der Waals surface area contributed by atoms with E-state index in [1.165, 1.54) is 0 Å². The number of fused-ring (bicyclic) bond motifs is 1. The fourth-order valence-electron chi connectivity index (χ4n) is 1.81. The first-order valence-electron chi connectivity index (χ1n) is 4.64. The summed E-state index contributed by atoms with van der Waals surface area (Å²) in [7, 11) is 0. The predicted molar refractivity (Wildman–Crippen MR) is 47.0 cm³/mol. The molecule has 1 aliphatic carbocycles. The van der Waals surface area contributed by atoms with Gasteiger partial charge in [-0.15, -0.1) is 0 Å². The van der Waals surface area contributed by atoms with E-state index in [4.69, 9.17) is 5.73 Å². The highest BCUT2D eigenvalue weighted by Gasteiger charge is 2.37. The van der Waals surface area contributed by atoms with E-state index in [0.29, 0.717) is 18.5 Å². The Morgan fingerprint density at radius 1 is 1.33 bits per heavy atom. The molecule has 0 bridgehead atoms. The highest BCUT2D eigenvalue weighted by atomic mass is 19.4. The summed E-state index contributed by atoms with van der Waals surface area (Å²) in [6.07, 6.45) is -2.04. The van der Waals surface area contributed by atoms with E-state index >= 15 is 0 Å². The van der Waals surface area contributed by atoms with Crippen molar-refractivity contribution < 1.29 is 13.2 Å². The molecule has 6 heteroatoms. The molecule has 0 amide bonds. The summed E-state index contributed by atoms with van der Waals surface area (Å²) in [6, 6.07) is -0.218. The van der Waals surface area contributed by atoms with Crippen LogP contribution in [0, 0.1) is 0 Å². The maximum Gasteiger partial charge on any atom is 0.433 e. The third-order valence-corrected chi connectivity index (χ3v) is 2.52. The van der Waals surface area contributed by atoms with Crippen LogP contribution >= 0.6 is 0 Å². The fourth-order valence-corrected chi connectivity index (χ4v) is 1.81. The lowest BCUT2D eigenvalue weighted by atomic mass is 9.91. The van der Waals surface area contributed by atoms with Gasteiger partial charge < -0.3 is 5.73 Å². The number of nitrogens with zero attached hydrogens (tertiary/aromatic N) is 2. The molecule has 0 aromatic carbocycles. The number of hydrogen-bond donors (Lipinski definition) is 1. The van der Waals surface area contributed by atoms with E-state index in [1.807, 2.05) is 0 Å². The van der Waals surface area contributed by atoms with Crippen molar-refractivity contribution in [3.63, 3.8) is 0 Å². The third-order valence-electron chi connectivity index (χ3n) is 2.52. The van der Waals surface area contributed by atoms with Crippen LogP contribution in [0.5, 0.6) is 0 Å². The lowest BCUT2D eigenvalue weighted by molar-refractivity contribution is -0.142. The number of rotatable bonds is 0. The minimum atomic E-state index is -4.41. The van der Waals surface area contributed by atoms with Crippen LogP contribution in [-0.4, -0.2) is 16.0 Å². The van der Waals surface area contributed by atoms with E-state index < -0.39 is 11.9 Å². The van der Waals surface area contributed by atoms with Gasteiger partial charge in [0.15, 0.2) is 5.69 Å². The minimum absolute atomic E-state index is 0.170. The Hall–Kier alpha value is -1.17. The van der Waals surface area contributed by atoms with Crippen LogP contribution in [0.2, 0.25) is 0 Å². The van der Waals surface area contributed by atoms with Crippen molar-refractivity contribution in [1.82, 2.24) is 9.97 Å². The van der Waals surface area contributed by atoms with Gasteiger partial charge in [0.05, 0.1) is 0 Å². The van der Waals surface area contributed by atoms with Gasteiger partial charge in [0, 0.05) is 17.3 Å². The van der Waals surface area contributed by atoms with Crippen molar-refractivity contribution >= 4 is 0 Å². The standard InChI is InChI=1S/C9H10F3N3/c10-9(11,12)8-6-3-5(13)1-2-7(6)14-4-15-8/h4-5H,1-3,13H2/t5-/m1/s1. The molecule has 1 atom stereocenters.